The van der Waals surface area contributed by atoms with E-state index in [1.807, 2.05) is 19.9 Å². The van der Waals surface area contributed by atoms with Gasteiger partial charge in [0.05, 0.1) is 5.57 Å². The lowest BCUT2D eigenvalue weighted by Gasteiger charge is -2.71. The highest BCUT2D eigenvalue weighted by molar-refractivity contribution is 6.05. The van der Waals surface area contributed by atoms with Gasteiger partial charge in [-0.05, 0) is 78.8 Å². The number of nitrogens with zero attached hydrogens (tertiary/aromatic N) is 3. The Morgan fingerprint density at radius 2 is 1.75 bits per heavy atom. The number of carbonyl (C=O) groups is 3. The van der Waals surface area contributed by atoms with Crippen molar-refractivity contribution in [3.63, 3.8) is 0 Å². The van der Waals surface area contributed by atoms with Crippen molar-refractivity contribution >= 4 is 17.5 Å². The van der Waals surface area contributed by atoms with Crippen LogP contribution in [0.3, 0.4) is 0 Å². The lowest BCUT2D eigenvalue weighted by atomic mass is 9.33. The number of allylic oxidation sites excluding steroid dienone is 3. The van der Waals surface area contributed by atoms with E-state index in [2.05, 4.69) is 45.8 Å². The molecular formula is C36H47N3O5. The first-order valence-electron chi connectivity index (χ1n) is 16.2. The largest absolute Gasteiger partial charge is 0.381 e. The second kappa shape index (κ2) is 9.25. The van der Waals surface area contributed by atoms with E-state index in [-0.39, 0.29) is 51.4 Å². The van der Waals surface area contributed by atoms with Crippen molar-refractivity contribution in [2.45, 2.75) is 99.0 Å². The molecule has 3 saturated carbocycles. The Morgan fingerprint density at radius 1 is 1.07 bits per heavy atom. The van der Waals surface area contributed by atoms with Crippen LogP contribution in [-0.2, 0) is 9.59 Å². The lowest BCUT2D eigenvalue weighted by Crippen LogP contribution is -2.74. The summed E-state index contributed by atoms with van der Waals surface area (Å²) in [6.07, 6.45) is 10.5. The number of amides is 1. The van der Waals surface area contributed by atoms with Crippen LogP contribution in [0, 0.1) is 55.7 Å². The Labute approximate surface area is 260 Å². The standard InChI is InChI=1S/C36H47N3O5/c1-30(2)24-9-11-34(6)25(33(24,5)18-22(20-37)28(30)41)17-27(40)36(43)26-19-31(3,12-13-32(26,4)14-15-35(34,36)7)21-39(8)29(42)23-10-16-44-38-23/h10,16-18,24,26,43H,9,11-15,19,21H2,1-8H3/t24-,26+,31-,32+,33-,34+,35-,36+/m0/s1. The molecule has 1 N–H and O–H groups in total. The van der Waals surface area contributed by atoms with E-state index < -0.39 is 27.3 Å². The van der Waals surface area contributed by atoms with Crippen molar-refractivity contribution in [1.29, 1.82) is 5.26 Å². The molecule has 5 aliphatic rings. The van der Waals surface area contributed by atoms with Gasteiger partial charge in [0.2, 0.25) is 0 Å². The highest BCUT2D eigenvalue weighted by atomic mass is 16.5. The molecule has 8 atom stereocenters. The zero-order valence-corrected chi connectivity index (χ0v) is 27.5. The predicted octanol–water partition coefficient (Wildman–Crippen LogP) is 6.08. The molecule has 8 heteroatoms. The van der Waals surface area contributed by atoms with Crippen molar-refractivity contribution in [3.8, 4) is 6.07 Å². The second-order valence-electron chi connectivity index (χ2n) is 16.7. The number of nitriles is 1. The second-order valence-corrected chi connectivity index (χ2v) is 16.7. The van der Waals surface area contributed by atoms with E-state index in [1.54, 1.807) is 24.1 Å². The smallest absolute Gasteiger partial charge is 0.275 e. The molecular weight excluding hydrogens is 554 g/mol. The quantitative estimate of drug-likeness (QED) is 0.445. The van der Waals surface area contributed by atoms with Crippen molar-refractivity contribution in [2.75, 3.05) is 13.6 Å². The summed E-state index contributed by atoms with van der Waals surface area (Å²) in [5.74, 6) is -0.920. The number of rotatable bonds is 3. The van der Waals surface area contributed by atoms with Gasteiger partial charge in [-0.2, -0.15) is 5.26 Å². The van der Waals surface area contributed by atoms with E-state index in [4.69, 9.17) is 4.52 Å². The molecule has 0 aliphatic heterocycles. The van der Waals surface area contributed by atoms with Crippen LogP contribution >= 0.6 is 0 Å². The van der Waals surface area contributed by atoms with Crippen molar-refractivity contribution in [1.82, 2.24) is 10.1 Å². The Balaban J connectivity index is 1.42. The van der Waals surface area contributed by atoms with E-state index in [0.29, 0.717) is 13.0 Å². The van der Waals surface area contributed by atoms with Crippen LogP contribution in [0.4, 0.5) is 0 Å². The molecule has 3 fully saturated rings. The SMILES string of the molecule is CN(C[C@@]1(C)CC[C@]2(C)CC[C@@]3(C)[C@]4(C)CC[C@H]5C(C)(C)C(=O)C(C#N)=C[C@]5(C)C4=CC(=O)[C@]3(O)[C@@H]2C1)C(=O)c1ccon1. The van der Waals surface area contributed by atoms with Gasteiger partial charge in [-0.15, -0.1) is 0 Å². The van der Waals surface area contributed by atoms with E-state index >= 15 is 0 Å². The number of ketones is 2. The number of hydrogen-bond donors (Lipinski definition) is 1. The van der Waals surface area contributed by atoms with Gasteiger partial charge in [-0.25, -0.2) is 0 Å². The normalized spacial score (nSPS) is 44.2. The lowest BCUT2D eigenvalue weighted by molar-refractivity contribution is -0.243. The van der Waals surface area contributed by atoms with Crippen LogP contribution < -0.4 is 0 Å². The first-order chi connectivity index (χ1) is 20.3. The molecule has 1 aromatic rings. The summed E-state index contributed by atoms with van der Waals surface area (Å²) in [5.41, 5.74) is -3.35. The first kappa shape index (κ1) is 31.0. The van der Waals surface area contributed by atoms with Crippen LogP contribution in [-0.4, -0.2) is 51.8 Å². The fraction of sp³-hybridized carbons (Fsp3) is 0.694. The van der Waals surface area contributed by atoms with Gasteiger partial charge in [0, 0.05) is 41.8 Å². The van der Waals surface area contributed by atoms with Crippen molar-refractivity contribution < 1.29 is 24.0 Å². The molecule has 1 aromatic heterocycles. The summed E-state index contributed by atoms with van der Waals surface area (Å²) in [7, 11) is 1.77. The van der Waals surface area contributed by atoms with Gasteiger partial charge < -0.3 is 14.5 Å². The third-order valence-electron chi connectivity index (χ3n) is 14.0. The summed E-state index contributed by atoms with van der Waals surface area (Å²) in [4.78, 5) is 42.7. The maximum atomic E-state index is 14.7. The molecule has 6 rings (SSSR count). The fourth-order valence-corrected chi connectivity index (χ4v) is 11.1. The molecule has 44 heavy (non-hydrogen) atoms. The summed E-state index contributed by atoms with van der Waals surface area (Å²) >= 11 is 0. The average Bonchev–Trinajstić information content (AvgIpc) is 3.50. The van der Waals surface area contributed by atoms with Gasteiger partial charge in [0.1, 0.15) is 17.9 Å². The molecule has 8 nitrogen and oxygen atoms in total. The van der Waals surface area contributed by atoms with Crippen LogP contribution in [0.15, 0.2) is 40.2 Å². The third-order valence-corrected chi connectivity index (χ3v) is 14.0. The van der Waals surface area contributed by atoms with E-state index in [1.165, 1.54) is 6.26 Å². The fourth-order valence-electron chi connectivity index (χ4n) is 11.1. The first-order valence-corrected chi connectivity index (χ1v) is 16.2. The number of fused-ring (bicyclic) bond motifs is 7. The molecule has 0 saturated heterocycles. The molecule has 0 spiro atoms. The summed E-state index contributed by atoms with van der Waals surface area (Å²) < 4.78 is 4.89. The van der Waals surface area contributed by atoms with Crippen LogP contribution in [0.1, 0.15) is 104 Å². The Hall–Kier alpha value is -3.05. The Morgan fingerprint density at radius 3 is 2.39 bits per heavy atom. The molecule has 0 aromatic carbocycles. The average molecular weight is 602 g/mol. The van der Waals surface area contributed by atoms with Gasteiger partial charge in [-0.1, -0.05) is 59.7 Å². The minimum absolute atomic E-state index is 0.0499. The predicted molar refractivity (Wildman–Crippen MR) is 164 cm³/mol. The molecule has 5 aliphatic carbocycles. The van der Waals surface area contributed by atoms with Gasteiger partial charge in [0.15, 0.2) is 17.3 Å². The number of carbonyl (C=O) groups excluding carboxylic acids is 3. The molecule has 1 heterocycles. The van der Waals surface area contributed by atoms with Crippen molar-refractivity contribution in [3.05, 3.63) is 41.3 Å². The molecule has 236 valence electrons. The zero-order valence-electron chi connectivity index (χ0n) is 27.5. The highest BCUT2D eigenvalue weighted by Gasteiger charge is 2.75. The van der Waals surface area contributed by atoms with E-state index in [0.717, 1.165) is 44.1 Å². The van der Waals surface area contributed by atoms with E-state index in [9.17, 15) is 24.8 Å². The summed E-state index contributed by atoms with van der Waals surface area (Å²) in [5, 5.41) is 26.9. The van der Waals surface area contributed by atoms with Crippen molar-refractivity contribution in [2.24, 2.45) is 44.3 Å². The number of Topliss-reactive ketones (excluding diaryl/α,β-unsaturated/α-hetero) is 1. The molecule has 0 bridgehead atoms. The number of aromatic nitrogens is 1. The Bertz CT molecular complexity index is 1550. The topological polar surface area (TPSA) is 124 Å². The Kier molecular flexibility index (Phi) is 6.51. The monoisotopic (exact) mass is 601 g/mol. The number of aliphatic hydroxyl groups is 1. The minimum atomic E-state index is -1.58. The van der Waals surface area contributed by atoms with Crippen LogP contribution in [0.2, 0.25) is 0 Å². The minimum Gasteiger partial charge on any atom is -0.381 e. The molecule has 0 unspecified atom stereocenters. The maximum absolute atomic E-state index is 14.7. The maximum Gasteiger partial charge on any atom is 0.275 e. The van der Waals surface area contributed by atoms with Crippen LogP contribution in [0.5, 0.6) is 0 Å². The van der Waals surface area contributed by atoms with Crippen LogP contribution in [0.25, 0.3) is 0 Å². The highest BCUT2D eigenvalue weighted by Crippen LogP contribution is 2.75. The summed E-state index contributed by atoms with van der Waals surface area (Å²) in [6.45, 7) is 15.2. The van der Waals surface area contributed by atoms with Gasteiger partial charge in [-0.3, -0.25) is 14.4 Å². The molecule has 1 amide bonds. The number of hydrogen-bond acceptors (Lipinski definition) is 7. The van der Waals surface area contributed by atoms with Gasteiger partial charge >= 0.3 is 0 Å². The third kappa shape index (κ3) is 3.71. The van der Waals surface area contributed by atoms with Gasteiger partial charge in [0.25, 0.3) is 5.91 Å². The molecule has 0 radical (unpaired) electrons. The zero-order chi connectivity index (χ0) is 32.3. The summed E-state index contributed by atoms with van der Waals surface area (Å²) in [6, 6.07) is 3.72.